The number of methoxy groups -OCH3 is 2. The first-order chi connectivity index (χ1) is 9.63. The van der Waals surface area contributed by atoms with Gasteiger partial charge in [0.25, 0.3) is 0 Å². The molecule has 0 unspecified atom stereocenters. The van der Waals surface area contributed by atoms with Crippen molar-refractivity contribution in [1.82, 2.24) is 0 Å². The van der Waals surface area contributed by atoms with Crippen molar-refractivity contribution in [3.63, 3.8) is 0 Å². The smallest absolute Gasteiger partial charge is 0.204 e. The number of carbonyl (C=O) groups excluding carboxylic acids is 2. The van der Waals surface area contributed by atoms with Crippen LogP contribution in [0.15, 0.2) is 23.1 Å². The van der Waals surface area contributed by atoms with E-state index >= 15 is 0 Å². The van der Waals surface area contributed by atoms with E-state index in [0.717, 1.165) is 12.2 Å². The van der Waals surface area contributed by atoms with Crippen LogP contribution in [-0.2, 0) is 0 Å². The fourth-order valence-corrected chi connectivity index (χ4v) is 2.92. The molecule has 1 aliphatic carbocycles. The first kappa shape index (κ1) is 14.7. The predicted octanol–water partition coefficient (Wildman–Crippen LogP) is 3.11. The van der Waals surface area contributed by atoms with Gasteiger partial charge in [0.05, 0.1) is 30.3 Å². The van der Waals surface area contributed by atoms with Crippen LogP contribution < -0.4 is 9.47 Å². The van der Waals surface area contributed by atoms with Crippen LogP contribution in [0.4, 0.5) is 0 Å². The Morgan fingerprint density at radius 2 is 1.65 bits per heavy atom. The van der Waals surface area contributed by atoms with Crippen LogP contribution in [0.5, 0.6) is 11.5 Å². The lowest BCUT2D eigenvalue weighted by atomic mass is 9.93. The number of allylic oxidation sites excluding steroid dienone is 2. The molecule has 0 atom stereocenters. The lowest BCUT2D eigenvalue weighted by molar-refractivity contribution is 0.0986. The van der Waals surface area contributed by atoms with E-state index in [1.165, 1.54) is 32.1 Å². The van der Waals surface area contributed by atoms with Gasteiger partial charge < -0.3 is 9.47 Å². The maximum absolute atomic E-state index is 12.5. The zero-order chi connectivity index (χ0) is 14.7. The molecular weight excluding hydrogens is 276 g/mol. The molecule has 4 nitrogen and oxygen atoms in total. The van der Waals surface area contributed by atoms with Gasteiger partial charge in [-0.15, -0.1) is 11.8 Å². The number of benzene rings is 1. The Kier molecular flexibility index (Phi) is 4.49. The molecule has 0 fully saturated rings. The normalized spacial score (nSPS) is 13.8. The SMILES string of the molecule is CCCSC1=CC(=O)c2c(OC)ccc(OC)c2C1=O. The van der Waals surface area contributed by atoms with E-state index in [4.69, 9.17) is 9.47 Å². The number of fused-ring (bicyclic) bond motifs is 1. The maximum atomic E-state index is 12.5. The Bertz CT molecular complexity index is 590. The highest BCUT2D eigenvalue weighted by Gasteiger charge is 2.31. The maximum Gasteiger partial charge on any atom is 0.204 e. The highest BCUT2D eigenvalue weighted by atomic mass is 32.2. The van der Waals surface area contributed by atoms with E-state index < -0.39 is 0 Å². The number of hydrogen-bond acceptors (Lipinski definition) is 5. The molecule has 0 aromatic heterocycles. The van der Waals surface area contributed by atoms with Gasteiger partial charge in [0.1, 0.15) is 11.5 Å². The summed E-state index contributed by atoms with van der Waals surface area (Å²) >= 11 is 1.40. The minimum atomic E-state index is -0.214. The van der Waals surface area contributed by atoms with Crippen LogP contribution in [-0.4, -0.2) is 31.5 Å². The summed E-state index contributed by atoms with van der Waals surface area (Å²) in [6, 6.07) is 3.29. The Hall–Kier alpha value is -1.75. The summed E-state index contributed by atoms with van der Waals surface area (Å²) < 4.78 is 10.4. The third kappa shape index (κ3) is 2.45. The van der Waals surface area contributed by atoms with Crippen LogP contribution in [0.2, 0.25) is 0 Å². The number of hydrogen-bond donors (Lipinski definition) is 0. The second-order valence-corrected chi connectivity index (χ2v) is 5.41. The Labute approximate surface area is 122 Å². The summed E-state index contributed by atoms with van der Waals surface area (Å²) in [5.41, 5.74) is 0.593. The molecular formula is C15H16O4S. The molecule has 5 heteroatoms. The van der Waals surface area contributed by atoms with Crippen LogP contribution >= 0.6 is 11.8 Å². The molecule has 0 spiro atoms. The third-order valence-corrected chi connectivity index (χ3v) is 4.22. The van der Waals surface area contributed by atoms with Gasteiger partial charge in [-0.05, 0) is 24.3 Å². The van der Waals surface area contributed by atoms with Gasteiger partial charge in [-0.3, -0.25) is 9.59 Å². The van der Waals surface area contributed by atoms with Crippen molar-refractivity contribution in [3.8, 4) is 11.5 Å². The first-order valence-corrected chi connectivity index (χ1v) is 7.31. The van der Waals surface area contributed by atoms with E-state index in [0.29, 0.717) is 22.0 Å². The molecule has 0 saturated heterocycles. The van der Waals surface area contributed by atoms with Gasteiger partial charge in [0, 0.05) is 6.08 Å². The Balaban J connectivity index is 2.56. The zero-order valence-corrected chi connectivity index (χ0v) is 12.5. The molecule has 0 N–H and O–H groups in total. The highest BCUT2D eigenvalue weighted by Crippen LogP contribution is 2.38. The molecule has 0 radical (unpaired) electrons. The van der Waals surface area contributed by atoms with E-state index in [1.54, 1.807) is 12.1 Å². The number of thioether (sulfide) groups is 1. The fraction of sp³-hybridized carbons (Fsp3) is 0.333. The first-order valence-electron chi connectivity index (χ1n) is 6.32. The second kappa shape index (κ2) is 6.13. The van der Waals surface area contributed by atoms with Gasteiger partial charge in [0.2, 0.25) is 5.78 Å². The lowest BCUT2D eigenvalue weighted by Crippen LogP contribution is -2.18. The second-order valence-electron chi connectivity index (χ2n) is 4.27. The summed E-state index contributed by atoms with van der Waals surface area (Å²) in [5.74, 6) is 1.21. The van der Waals surface area contributed by atoms with Crippen LogP contribution in [0.1, 0.15) is 34.1 Å². The number of rotatable bonds is 5. The Morgan fingerprint density at radius 1 is 1.05 bits per heavy atom. The zero-order valence-electron chi connectivity index (χ0n) is 11.7. The third-order valence-electron chi connectivity index (χ3n) is 2.99. The molecule has 106 valence electrons. The molecule has 20 heavy (non-hydrogen) atoms. The quantitative estimate of drug-likeness (QED) is 0.834. The van der Waals surface area contributed by atoms with Crippen molar-refractivity contribution in [2.45, 2.75) is 13.3 Å². The number of ether oxygens (including phenoxy) is 2. The van der Waals surface area contributed by atoms with Gasteiger partial charge in [0.15, 0.2) is 5.78 Å². The monoisotopic (exact) mass is 292 g/mol. The van der Waals surface area contributed by atoms with Gasteiger partial charge in [-0.25, -0.2) is 0 Å². The summed E-state index contributed by atoms with van der Waals surface area (Å²) in [6.07, 6.45) is 2.33. The largest absolute Gasteiger partial charge is 0.496 e. The molecule has 2 rings (SSSR count). The van der Waals surface area contributed by atoms with Crippen molar-refractivity contribution in [1.29, 1.82) is 0 Å². The molecule has 0 aliphatic heterocycles. The highest BCUT2D eigenvalue weighted by molar-refractivity contribution is 8.04. The molecule has 1 aliphatic rings. The molecule has 0 amide bonds. The molecule has 0 saturated carbocycles. The molecule has 1 aromatic rings. The summed E-state index contributed by atoms with van der Waals surface area (Å²) in [7, 11) is 2.96. The predicted molar refractivity (Wildman–Crippen MR) is 79.0 cm³/mol. The van der Waals surface area contributed by atoms with Crippen LogP contribution in [0.25, 0.3) is 0 Å². The van der Waals surface area contributed by atoms with E-state index in [2.05, 4.69) is 0 Å². The van der Waals surface area contributed by atoms with Crippen LogP contribution in [0.3, 0.4) is 0 Å². The average molecular weight is 292 g/mol. The molecule has 0 bridgehead atoms. The van der Waals surface area contributed by atoms with Crippen molar-refractivity contribution < 1.29 is 19.1 Å². The standard InChI is InChI=1S/C15H16O4S/c1-4-7-20-12-8-9(16)13-10(18-2)5-6-11(19-3)14(13)15(12)17/h5-6,8H,4,7H2,1-3H3. The Morgan fingerprint density at radius 3 is 2.20 bits per heavy atom. The summed E-state index contributed by atoms with van der Waals surface area (Å²) in [4.78, 5) is 25.3. The number of ketones is 2. The average Bonchev–Trinajstić information content (AvgIpc) is 2.47. The van der Waals surface area contributed by atoms with Crippen molar-refractivity contribution in [2.75, 3.05) is 20.0 Å². The van der Waals surface area contributed by atoms with Crippen molar-refractivity contribution >= 4 is 23.3 Å². The topological polar surface area (TPSA) is 52.6 Å². The minimum Gasteiger partial charge on any atom is -0.496 e. The van der Waals surface area contributed by atoms with E-state index in [9.17, 15) is 9.59 Å². The van der Waals surface area contributed by atoms with E-state index in [-0.39, 0.29) is 17.1 Å². The molecule has 0 heterocycles. The van der Waals surface area contributed by atoms with Gasteiger partial charge in [-0.2, -0.15) is 0 Å². The molecule has 1 aromatic carbocycles. The van der Waals surface area contributed by atoms with Gasteiger partial charge >= 0.3 is 0 Å². The lowest BCUT2D eigenvalue weighted by Gasteiger charge is -2.19. The van der Waals surface area contributed by atoms with Crippen LogP contribution in [0, 0.1) is 0 Å². The summed E-state index contributed by atoms with van der Waals surface area (Å²) in [6.45, 7) is 2.03. The number of Topliss-reactive ketones (excluding diaryl/α,β-unsaturated/α-hetero) is 1. The minimum absolute atomic E-state index is 0.172. The van der Waals surface area contributed by atoms with Gasteiger partial charge in [-0.1, -0.05) is 6.92 Å². The van der Waals surface area contributed by atoms with Crippen molar-refractivity contribution in [2.24, 2.45) is 0 Å². The fourth-order valence-electron chi connectivity index (χ4n) is 2.07. The van der Waals surface area contributed by atoms with Crippen molar-refractivity contribution in [3.05, 3.63) is 34.2 Å². The summed E-state index contributed by atoms with van der Waals surface area (Å²) in [5, 5.41) is 0. The number of carbonyl (C=O) groups is 2. The van der Waals surface area contributed by atoms with E-state index in [1.807, 2.05) is 6.92 Å².